The molecule has 0 unspecified atom stereocenters. The Labute approximate surface area is 218 Å². The van der Waals surface area contributed by atoms with Crippen molar-refractivity contribution in [2.45, 2.75) is 12.7 Å². The molecular weight excluding hydrogens is 526 g/mol. The Morgan fingerprint density at radius 1 is 0.892 bits per heavy atom. The number of nitrogens with zero attached hydrogens (tertiary/aromatic N) is 4. The van der Waals surface area contributed by atoms with Gasteiger partial charge in [0.15, 0.2) is 5.65 Å². The molecule has 6 nitrogen and oxygen atoms in total. The molecule has 2 aromatic heterocycles. The van der Waals surface area contributed by atoms with Gasteiger partial charge >= 0.3 is 6.18 Å². The third kappa shape index (κ3) is 5.14. The van der Waals surface area contributed by atoms with Crippen LogP contribution >= 0.6 is 23.2 Å². The van der Waals surface area contributed by atoms with Gasteiger partial charge in [0.25, 0.3) is 5.91 Å². The Morgan fingerprint density at radius 2 is 1.59 bits per heavy atom. The molecule has 1 N–H and O–H groups in total. The first-order valence-electron chi connectivity index (χ1n) is 10.9. The summed E-state index contributed by atoms with van der Waals surface area (Å²) in [6, 6.07) is 20.6. The number of nitrogens with one attached hydrogen (secondary N) is 1. The van der Waals surface area contributed by atoms with Gasteiger partial charge in [0, 0.05) is 22.7 Å². The zero-order chi connectivity index (χ0) is 26.2. The van der Waals surface area contributed by atoms with Crippen molar-refractivity contribution in [3.63, 3.8) is 0 Å². The lowest BCUT2D eigenvalue weighted by Crippen LogP contribution is -2.25. The Balaban J connectivity index is 1.50. The van der Waals surface area contributed by atoms with Crippen LogP contribution in [0.2, 0.25) is 10.0 Å². The molecule has 0 bridgehead atoms. The van der Waals surface area contributed by atoms with E-state index in [-0.39, 0.29) is 12.4 Å². The lowest BCUT2D eigenvalue weighted by molar-refractivity contribution is -0.137. The first-order valence-corrected chi connectivity index (χ1v) is 11.7. The van der Waals surface area contributed by atoms with Crippen LogP contribution in [0.25, 0.3) is 28.0 Å². The fourth-order valence-corrected chi connectivity index (χ4v) is 4.10. The van der Waals surface area contributed by atoms with Gasteiger partial charge in [0.1, 0.15) is 5.69 Å². The van der Waals surface area contributed by atoms with E-state index in [4.69, 9.17) is 23.2 Å². The van der Waals surface area contributed by atoms with Gasteiger partial charge in [-0.2, -0.15) is 22.8 Å². The van der Waals surface area contributed by atoms with Crippen molar-refractivity contribution in [2.24, 2.45) is 0 Å². The quantitative estimate of drug-likeness (QED) is 0.268. The second-order valence-corrected chi connectivity index (χ2v) is 8.91. The lowest BCUT2D eigenvalue weighted by atomic mass is 10.00. The van der Waals surface area contributed by atoms with Crippen molar-refractivity contribution < 1.29 is 18.0 Å². The Bertz CT molecular complexity index is 1600. The van der Waals surface area contributed by atoms with Crippen LogP contribution in [0.3, 0.4) is 0 Å². The number of fused-ring (bicyclic) bond motifs is 1. The third-order valence-electron chi connectivity index (χ3n) is 5.61. The van der Waals surface area contributed by atoms with Gasteiger partial charge in [-0.25, -0.2) is 0 Å². The van der Waals surface area contributed by atoms with Gasteiger partial charge in [0.2, 0.25) is 5.82 Å². The third-order valence-corrected chi connectivity index (χ3v) is 6.20. The second-order valence-electron chi connectivity index (χ2n) is 8.06. The summed E-state index contributed by atoms with van der Waals surface area (Å²) in [6.07, 6.45) is -4.43. The minimum atomic E-state index is -4.43. The summed E-state index contributed by atoms with van der Waals surface area (Å²) < 4.78 is 39.7. The summed E-state index contributed by atoms with van der Waals surface area (Å²) in [7, 11) is 0. The van der Waals surface area contributed by atoms with Crippen molar-refractivity contribution in [1.29, 1.82) is 0 Å². The molecule has 11 heteroatoms. The zero-order valence-electron chi connectivity index (χ0n) is 18.8. The molecule has 0 aliphatic rings. The van der Waals surface area contributed by atoms with Gasteiger partial charge in [-0.15, -0.1) is 10.2 Å². The number of rotatable bonds is 5. The standard InChI is InChI=1S/C26H16Cl2F3N5O/c27-18-11-7-16(8-12-18)20-13-22-33-34-24(36(22)35-23(20)19-3-1-2-4-21(19)28)25(37)32-14-15-5-9-17(10-6-15)26(29,30)31/h1-13H,14H2,(H,32,37). The van der Waals surface area contributed by atoms with E-state index >= 15 is 0 Å². The van der Waals surface area contributed by atoms with Crippen LogP contribution in [0.4, 0.5) is 13.2 Å². The SMILES string of the molecule is O=C(NCc1ccc(C(F)(F)F)cc1)c1nnc2cc(-c3ccc(Cl)cc3)c(-c3ccccc3Cl)nn12. The van der Waals surface area contributed by atoms with Crippen LogP contribution in [-0.4, -0.2) is 25.7 Å². The number of amides is 1. The summed E-state index contributed by atoms with van der Waals surface area (Å²) in [4.78, 5) is 12.9. The summed E-state index contributed by atoms with van der Waals surface area (Å²) in [5, 5.41) is 16.5. The number of hydrogen-bond acceptors (Lipinski definition) is 4. The molecule has 37 heavy (non-hydrogen) atoms. The predicted molar refractivity (Wildman–Crippen MR) is 134 cm³/mol. The molecule has 186 valence electrons. The van der Waals surface area contributed by atoms with Crippen molar-refractivity contribution in [2.75, 3.05) is 0 Å². The van der Waals surface area contributed by atoms with Crippen LogP contribution in [0.15, 0.2) is 78.9 Å². The number of hydrogen-bond donors (Lipinski definition) is 1. The Hall–Kier alpha value is -3.95. The highest BCUT2D eigenvalue weighted by Crippen LogP contribution is 2.35. The molecule has 0 aliphatic carbocycles. The topological polar surface area (TPSA) is 72.2 Å². The number of alkyl halides is 3. The van der Waals surface area contributed by atoms with Gasteiger partial charge < -0.3 is 5.32 Å². The molecule has 0 saturated carbocycles. The number of aromatic nitrogens is 4. The van der Waals surface area contributed by atoms with Crippen LogP contribution in [0, 0.1) is 0 Å². The molecule has 0 fully saturated rings. The molecule has 0 radical (unpaired) electrons. The van der Waals surface area contributed by atoms with E-state index in [1.165, 1.54) is 16.6 Å². The second kappa shape index (κ2) is 9.84. The van der Waals surface area contributed by atoms with Crippen molar-refractivity contribution in [3.05, 3.63) is 106 Å². The van der Waals surface area contributed by atoms with E-state index in [0.29, 0.717) is 38.1 Å². The fourth-order valence-electron chi connectivity index (χ4n) is 3.75. The van der Waals surface area contributed by atoms with E-state index in [1.54, 1.807) is 30.3 Å². The maximum Gasteiger partial charge on any atom is 0.416 e. The largest absolute Gasteiger partial charge is 0.416 e. The predicted octanol–water partition coefficient (Wildman–Crippen LogP) is 6.71. The summed E-state index contributed by atoms with van der Waals surface area (Å²) >= 11 is 12.5. The van der Waals surface area contributed by atoms with Crippen molar-refractivity contribution in [1.82, 2.24) is 25.1 Å². The lowest BCUT2D eigenvalue weighted by Gasteiger charge is -2.12. The molecule has 0 spiro atoms. The molecule has 5 rings (SSSR count). The molecule has 2 heterocycles. The van der Waals surface area contributed by atoms with Gasteiger partial charge in [-0.3, -0.25) is 4.79 Å². The number of halogens is 5. The maximum absolute atomic E-state index is 12.9. The normalized spacial score (nSPS) is 11.6. The number of carbonyl (C=O) groups is 1. The Morgan fingerprint density at radius 3 is 2.27 bits per heavy atom. The van der Waals surface area contributed by atoms with Crippen LogP contribution in [0.5, 0.6) is 0 Å². The van der Waals surface area contributed by atoms with Crippen molar-refractivity contribution in [3.8, 4) is 22.4 Å². The monoisotopic (exact) mass is 541 g/mol. The average molecular weight is 542 g/mol. The molecule has 3 aromatic carbocycles. The van der Waals surface area contributed by atoms with E-state index in [2.05, 4.69) is 20.6 Å². The van der Waals surface area contributed by atoms with E-state index in [9.17, 15) is 18.0 Å². The molecule has 0 saturated heterocycles. The highest BCUT2D eigenvalue weighted by molar-refractivity contribution is 6.33. The van der Waals surface area contributed by atoms with Crippen LogP contribution in [-0.2, 0) is 12.7 Å². The van der Waals surface area contributed by atoms with Crippen LogP contribution < -0.4 is 5.32 Å². The minimum absolute atomic E-state index is 0.00782. The Kier molecular flexibility index (Phi) is 6.57. The summed E-state index contributed by atoms with van der Waals surface area (Å²) in [5.41, 5.74) is 2.70. The first-order chi connectivity index (χ1) is 17.7. The van der Waals surface area contributed by atoms with E-state index < -0.39 is 17.6 Å². The fraction of sp³-hybridized carbons (Fsp3) is 0.0769. The van der Waals surface area contributed by atoms with E-state index in [0.717, 1.165) is 17.7 Å². The van der Waals surface area contributed by atoms with Gasteiger partial charge in [0.05, 0.1) is 10.6 Å². The number of carbonyl (C=O) groups excluding carboxylic acids is 1. The molecular formula is C26H16Cl2F3N5O. The first kappa shape index (κ1) is 24.7. The molecule has 1 amide bonds. The van der Waals surface area contributed by atoms with E-state index in [1.807, 2.05) is 24.3 Å². The molecule has 5 aromatic rings. The summed E-state index contributed by atoms with van der Waals surface area (Å²) in [5.74, 6) is -0.679. The van der Waals surface area contributed by atoms with Crippen molar-refractivity contribution >= 4 is 34.8 Å². The highest BCUT2D eigenvalue weighted by Gasteiger charge is 2.30. The highest BCUT2D eigenvalue weighted by atomic mass is 35.5. The summed E-state index contributed by atoms with van der Waals surface area (Å²) in [6.45, 7) is -0.00782. The molecule has 0 atom stereocenters. The van der Waals surface area contributed by atoms with Gasteiger partial charge in [-0.05, 0) is 47.5 Å². The smallest absolute Gasteiger partial charge is 0.345 e. The van der Waals surface area contributed by atoms with Gasteiger partial charge in [-0.1, -0.05) is 65.7 Å². The molecule has 0 aliphatic heterocycles. The minimum Gasteiger partial charge on any atom is -0.345 e. The van der Waals surface area contributed by atoms with Crippen LogP contribution in [0.1, 0.15) is 21.7 Å². The maximum atomic E-state index is 12.9. The average Bonchev–Trinajstić information content (AvgIpc) is 3.30. The zero-order valence-corrected chi connectivity index (χ0v) is 20.3. The number of benzene rings is 3.